The number of hydrogen-bond donors (Lipinski definition) is 1. The molecule has 2 saturated heterocycles. The first-order chi connectivity index (χ1) is 12.7. The molecule has 7 nitrogen and oxygen atoms in total. The van der Waals surface area contributed by atoms with Crippen molar-refractivity contribution in [1.29, 1.82) is 0 Å². The molecule has 1 atom stereocenters. The Morgan fingerprint density at radius 1 is 1.15 bits per heavy atom. The summed E-state index contributed by atoms with van der Waals surface area (Å²) in [7, 11) is 0. The van der Waals surface area contributed by atoms with E-state index in [0.29, 0.717) is 11.9 Å². The average Bonchev–Trinajstić information content (AvgIpc) is 3.21. The van der Waals surface area contributed by atoms with E-state index in [4.69, 9.17) is 5.73 Å². The van der Waals surface area contributed by atoms with Crippen molar-refractivity contribution in [2.24, 2.45) is 16.6 Å². The summed E-state index contributed by atoms with van der Waals surface area (Å²) in [6.45, 7) is 16.1. The van der Waals surface area contributed by atoms with Gasteiger partial charge >= 0.3 is 0 Å². The minimum absolute atomic E-state index is 0.540. The fourth-order valence-corrected chi connectivity index (χ4v) is 4.33. The summed E-state index contributed by atoms with van der Waals surface area (Å²) in [4.78, 5) is 18.7. The van der Waals surface area contributed by atoms with Crippen molar-refractivity contribution in [3.63, 3.8) is 0 Å². The van der Waals surface area contributed by atoms with Crippen LogP contribution in [0.4, 0.5) is 5.13 Å². The number of aromatic nitrogens is 1. The molecule has 1 unspecified atom stereocenters. The Balaban J connectivity index is 1.38. The highest BCUT2D eigenvalue weighted by Crippen LogP contribution is 2.18. The maximum Gasteiger partial charge on any atom is 0.191 e. The lowest BCUT2D eigenvalue weighted by Crippen LogP contribution is -2.51. The van der Waals surface area contributed by atoms with Crippen molar-refractivity contribution in [1.82, 2.24) is 19.7 Å². The highest BCUT2D eigenvalue weighted by atomic mass is 32.1. The third-order valence-corrected chi connectivity index (χ3v) is 6.17. The maximum absolute atomic E-state index is 6.25. The molecular formula is C18H33N7S. The van der Waals surface area contributed by atoms with Crippen LogP contribution in [0, 0.1) is 5.92 Å². The van der Waals surface area contributed by atoms with Gasteiger partial charge < -0.3 is 25.3 Å². The van der Waals surface area contributed by atoms with Gasteiger partial charge in [0.1, 0.15) is 0 Å². The van der Waals surface area contributed by atoms with E-state index in [1.54, 1.807) is 11.3 Å². The van der Waals surface area contributed by atoms with E-state index in [9.17, 15) is 0 Å². The number of nitrogens with zero attached hydrogens (tertiary/aromatic N) is 6. The molecule has 0 spiro atoms. The van der Waals surface area contributed by atoms with Crippen molar-refractivity contribution in [2.45, 2.75) is 13.8 Å². The molecular weight excluding hydrogens is 346 g/mol. The van der Waals surface area contributed by atoms with Crippen LogP contribution in [-0.2, 0) is 0 Å². The zero-order valence-electron chi connectivity index (χ0n) is 16.2. The lowest BCUT2D eigenvalue weighted by molar-refractivity contribution is 0.125. The number of nitrogens with two attached hydrogens (primary N) is 1. The number of piperazine rings is 2. The summed E-state index contributed by atoms with van der Waals surface area (Å²) in [5.74, 6) is 1.24. The van der Waals surface area contributed by atoms with Gasteiger partial charge in [0.15, 0.2) is 11.1 Å². The van der Waals surface area contributed by atoms with E-state index in [-0.39, 0.29) is 0 Å². The Hall–Kier alpha value is -1.38. The lowest BCUT2D eigenvalue weighted by Gasteiger charge is -2.36. The summed E-state index contributed by atoms with van der Waals surface area (Å²) in [6, 6.07) is 0. The average molecular weight is 380 g/mol. The van der Waals surface area contributed by atoms with Crippen LogP contribution in [0.2, 0.25) is 0 Å². The molecule has 2 aliphatic rings. The summed E-state index contributed by atoms with van der Waals surface area (Å²) >= 11 is 1.70. The third kappa shape index (κ3) is 5.31. The van der Waals surface area contributed by atoms with Crippen molar-refractivity contribution in [3.8, 4) is 0 Å². The Kier molecular flexibility index (Phi) is 7.10. The summed E-state index contributed by atoms with van der Waals surface area (Å²) in [6.07, 6.45) is 1.87. The number of aliphatic imine (C=N–C) groups is 1. The van der Waals surface area contributed by atoms with Crippen LogP contribution in [0.5, 0.6) is 0 Å². The van der Waals surface area contributed by atoms with Gasteiger partial charge in [-0.2, -0.15) is 0 Å². The van der Waals surface area contributed by atoms with E-state index < -0.39 is 0 Å². The fourth-order valence-electron chi connectivity index (χ4n) is 3.63. The quantitative estimate of drug-likeness (QED) is 0.584. The van der Waals surface area contributed by atoms with Crippen LogP contribution >= 0.6 is 11.3 Å². The van der Waals surface area contributed by atoms with Gasteiger partial charge in [-0.05, 0) is 12.5 Å². The van der Waals surface area contributed by atoms with Gasteiger partial charge in [0, 0.05) is 77.0 Å². The molecule has 2 fully saturated rings. The first kappa shape index (κ1) is 19.4. The number of likely N-dealkylation sites (N-methyl/N-ethyl adjacent to an activating group) is 1. The van der Waals surface area contributed by atoms with Crippen LogP contribution in [0.1, 0.15) is 13.8 Å². The molecule has 26 heavy (non-hydrogen) atoms. The zero-order chi connectivity index (χ0) is 18.4. The largest absolute Gasteiger partial charge is 0.370 e. The SMILES string of the molecule is CCN1CCN(CC(C)CN=C(N)N2CCN(c3nccs3)CC2)CC1. The van der Waals surface area contributed by atoms with Gasteiger partial charge in [0.25, 0.3) is 0 Å². The molecule has 0 bridgehead atoms. The summed E-state index contributed by atoms with van der Waals surface area (Å²) in [5.41, 5.74) is 6.25. The van der Waals surface area contributed by atoms with E-state index >= 15 is 0 Å². The van der Waals surface area contributed by atoms with Crippen molar-refractivity contribution < 1.29 is 0 Å². The van der Waals surface area contributed by atoms with Crippen LogP contribution in [0.3, 0.4) is 0 Å². The standard InChI is InChI=1S/C18H33N7S/c1-3-22-5-7-23(8-6-22)15-16(2)14-21-17(19)24-9-11-25(12-10-24)18-20-4-13-26-18/h4,13,16H,3,5-12,14-15H2,1-2H3,(H2,19,21). The fraction of sp³-hybridized carbons (Fsp3) is 0.778. The van der Waals surface area contributed by atoms with E-state index in [1.165, 1.54) is 32.7 Å². The highest BCUT2D eigenvalue weighted by Gasteiger charge is 2.20. The zero-order valence-corrected chi connectivity index (χ0v) is 17.0. The van der Waals surface area contributed by atoms with E-state index in [1.807, 2.05) is 11.6 Å². The van der Waals surface area contributed by atoms with Gasteiger partial charge in [-0.1, -0.05) is 13.8 Å². The highest BCUT2D eigenvalue weighted by molar-refractivity contribution is 7.13. The van der Waals surface area contributed by atoms with Gasteiger partial charge in [0.05, 0.1) is 0 Å². The minimum Gasteiger partial charge on any atom is -0.370 e. The Morgan fingerprint density at radius 3 is 2.46 bits per heavy atom. The molecule has 3 heterocycles. The predicted molar refractivity (Wildman–Crippen MR) is 110 cm³/mol. The molecule has 3 rings (SSSR count). The minimum atomic E-state index is 0.540. The van der Waals surface area contributed by atoms with Crippen molar-refractivity contribution in [2.75, 3.05) is 76.9 Å². The topological polar surface area (TPSA) is 64.2 Å². The molecule has 1 aromatic rings. The predicted octanol–water partition coefficient (Wildman–Crippen LogP) is 0.853. The van der Waals surface area contributed by atoms with Crippen LogP contribution in [0.15, 0.2) is 16.6 Å². The first-order valence-electron chi connectivity index (χ1n) is 9.79. The molecule has 0 amide bonds. The normalized spacial score (nSPS) is 22.0. The summed E-state index contributed by atoms with van der Waals surface area (Å²) < 4.78 is 0. The molecule has 0 radical (unpaired) electrons. The molecule has 0 aromatic carbocycles. The molecule has 2 N–H and O–H groups in total. The molecule has 8 heteroatoms. The van der Waals surface area contributed by atoms with Crippen LogP contribution in [0.25, 0.3) is 0 Å². The van der Waals surface area contributed by atoms with Crippen LogP contribution < -0.4 is 10.6 Å². The monoisotopic (exact) mass is 379 g/mol. The maximum atomic E-state index is 6.25. The molecule has 0 aliphatic carbocycles. The van der Waals surface area contributed by atoms with E-state index in [0.717, 1.165) is 44.4 Å². The molecule has 2 aliphatic heterocycles. The number of anilines is 1. The van der Waals surface area contributed by atoms with Gasteiger partial charge in [-0.15, -0.1) is 11.3 Å². The van der Waals surface area contributed by atoms with Crippen molar-refractivity contribution >= 4 is 22.4 Å². The second kappa shape index (κ2) is 9.53. The van der Waals surface area contributed by atoms with Crippen LogP contribution in [-0.4, -0.2) is 97.6 Å². The summed E-state index contributed by atoms with van der Waals surface area (Å²) in [5, 5.41) is 3.14. The third-order valence-electron chi connectivity index (χ3n) is 5.34. The first-order valence-corrected chi connectivity index (χ1v) is 10.7. The molecule has 1 aromatic heterocycles. The number of hydrogen-bond acceptors (Lipinski definition) is 6. The smallest absolute Gasteiger partial charge is 0.191 e. The molecule has 146 valence electrons. The number of rotatable bonds is 6. The number of guanidine groups is 1. The van der Waals surface area contributed by atoms with E-state index in [2.05, 4.69) is 43.4 Å². The Morgan fingerprint density at radius 2 is 1.85 bits per heavy atom. The second-order valence-corrected chi connectivity index (χ2v) is 8.20. The van der Waals surface area contributed by atoms with Gasteiger partial charge in [-0.3, -0.25) is 4.99 Å². The Labute approximate surface area is 161 Å². The van der Waals surface area contributed by atoms with Crippen molar-refractivity contribution in [3.05, 3.63) is 11.6 Å². The Bertz CT molecular complexity index is 546. The van der Waals surface area contributed by atoms with Gasteiger partial charge in [-0.25, -0.2) is 4.98 Å². The lowest BCUT2D eigenvalue weighted by atomic mass is 10.1. The number of thiazole rings is 1. The second-order valence-electron chi connectivity index (χ2n) is 7.33. The van der Waals surface area contributed by atoms with Gasteiger partial charge in [0.2, 0.25) is 0 Å². The molecule has 0 saturated carbocycles.